The van der Waals surface area contributed by atoms with E-state index in [1.165, 1.54) is 0 Å². The van der Waals surface area contributed by atoms with E-state index in [1.807, 2.05) is 42.1 Å². The lowest BCUT2D eigenvalue weighted by atomic mass is 9.79. The fourth-order valence-corrected chi connectivity index (χ4v) is 16.6. The van der Waals surface area contributed by atoms with Crippen LogP contribution in [-0.2, 0) is 47.9 Å². The number of benzene rings is 3. The van der Waals surface area contributed by atoms with Gasteiger partial charge in [0.25, 0.3) is 0 Å². The van der Waals surface area contributed by atoms with Crippen LogP contribution in [0.25, 0.3) is 0 Å². The Morgan fingerprint density at radius 2 is 1.35 bits per heavy atom. The van der Waals surface area contributed by atoms with E-state index >= 15 is 0 Å². The van der Waals surface area contributed by atoms with Gasteiger partial charge in [0.2, 0.25) is 8.32 Å². The number of ether oxygens (including phenoxy) is 5. The molecule has 3 aromatic carbocycles. The van der Waals surface area contributed by atoms with Crippen molar-refractivity contribution in [2.24, 2.45) is 5.92 Å². The van der Waals surface area contributed by atoms with Gasteiger partial charge >= 0.3 is 0 Å². The Labute approximate surface area is 350 Å². The minimum Gasteiger partial charge on any atom is -0.410 e. The third kappa shape index (κ3) is 12.0. The van der Waals surface area contributed by atoms with E-state index in [0.29, 0.717) is 56.1 Å². The number of aliphatic hydroxyl groups is 1. The molecule has 0 radical (unpaired) electrons. The van der Waals surface area contributed by atoms with Crippen LogP contribution in [0.2, 0.25) is 16.6 Å². The average molecular weight is 821 g/mol. The van der Waals surface area contributed by atoms with E-state index in [-0.39, 0.29) is 48.3 Å². The number of hydrogen-bond acceptors (Lipinski definition) is 8. The summed E-state index contributed by atoms with van der Waals surface area (Å²) < 4.78 is 42.3. The van der Waals surface area contributed by atoms with E-state index < -0.39 is 13.9 Å². The van der Waals surface area contributed by atoms with E-state index in [0.717, 1.165) is 41.7 Å². The third-order valence-electron chi connectivity index (χ3n) is 12.6. The van der Waals surface area contributed by atoms with Gasteiger partial charge in [0.1, 0.15) is 11.7 Å². The van der Waals surface area contributed by atoms with Crippen LogP contribution in [0.15, 0.2) is 91.0 Å². The first-order valence-electron chi connectivity index (χ1n) is 21.6. The predicted molar refractivity (Wildman–Crippen MR) is 236 cm³/mol. The molecular formula is C48H72O7SSi. The molecule has 316 valence electrons. The lowest BCUT2D eigenvalue weighted by Gasteiger charge is -2.55. The monoisotopic (exact) mass is 820 g/mol. The molecule has 7 nitrogen and oxygen atoms in total. The Morgan fingerprint density at radius 3 is 1.89 bits per heavy atom. The highest BCUT2D eigenvalue weighted by molar-refractivity contribution is 7.99. The van der Waals surface area contributed by atoms with E-state index in [9.17, 15) is 5.11 Å². The zero-order valence-corrected chi connectivity index (χ0v) is 37.8. The van der Waals surface area contributed by atoms with Crippen molar-refractivity contribution in [1.82, 2.24) is 0 Å². The molecule has 0 saturated carbocycles. The minimum atomic E-state index is -2.43. The molecule has 2 saturated heterocycles. The van der Waals surface area contributed by atoms with Crippen molar-refractivity contribution in [3.63, 3.8) is 0 Å². The molecule has 0 amide bonds. The third-order valence-corrected chi connectivity index (χ3v) is 20.0. The van der Waals surface area contributed by atoms with Crippen LogP contribution >= 0.6 is 11.8 Å². The molecular weight excluding hydrogens is 749 g/mol. The van der Waals surface area contributed by atoms with Gasteiger partial charge < -0.3 is 33.2 Å². The van der Waals surface area contributed by atoms with Gasteiger partial charge in [-0.05, 0) is 71.2 Å². The topological polar surface area (TPSA) is 75.6 Å². The molecule has 5 rings (SSSR count). The highest BCUT2D eigenvalue weighted by Gasteiger charge is 2.57. The molecule has 2 aliphatic heterocycles. The summed E-state index contributed by atoms with van der Waals surface area (Å²) in [6.07, 6.45) is 1.94. The number of aliphatic hydroxyl groups excluding tert-OH is 1. The lowest BCUT2D eigenvalue weighted by Crippen LogP contribution is -2.66. The van der Waals surface area contributed by atoms with Gasteiger partial charge in [0, 0.05) is 18.3 Å². The van der Waals surface area contributed by atoms with E-state index in [1.54, 1.807) is 0 Å². The summed E-state index contributed by atoms with van der Waals surface area (Å²) >= 11 is 1.95. The molecule has 0 spiro atoms. The van der Waals surface area contributed by atoms with Gasteiger partial charge in [0.15, 0.2) is 0 Å². The maximum atomic E-state index is 10.5. The van der Waals surface area contributed by atoms with Gasteiger partial charge in [-0.25, -0.2) is 0 Å². The average Bonchev–Trinajstić information content (AvgIpc) is 3.21. The summed E-state index contributed by atoms with van der Waals surface area (Å²) in [5.74, 6) is 1.16. The second kappa shape index (κ2) is 22.5. The molecule has 2 fully saturated rings. The molecule has 0 unspecified atom stereocenters. The molecule has 0 bridgehead atoms. The summed E-state index contributed by atoms with van der Waals surface area (Å²) in [5, 5.41) is 10.7. The highest BCUT2D eigenvalue weighted by Crippen LogP contribution is 2.49. The van der Waals surface area contributed by atoms with Crippen LogP contribution in [0.3, 0.4) is 0 Å². The Kier molecular flexibility index (Phi) is 18.2. The first kappa shape index (κ1) is 46.0. The number of thioether (sulfide) groups is 1. The summed E-state index contributed by atoms with van der Waals surface area (Å²) in [4.78, 5) is 0. The van der Waals surface area contributed by atoms with Crippen LogP contribution in [0.4, 0.5) is 0 Å². The van der Waals surface area contributed by atoms with Crippen molar-refractivity contribution in [1.29, 1.82) is 0 Å². The van der Waals surface area contributed by atoms with Crippen molar-refractivity contribution in [3.05, 3.63) is 108 Å². The summed E-state index contributed by atoms with van der Waals surface area (Å²) in [6.45, 7) is 21.1. The second-order valence-corrected chi connectivity index (χ2v) is 24.2. The maximum absolute atomic E-state index is 10.5. The van der Waals surface area contributed by atoms with Crippen molar-refractivity contribution >= 4 is 20.1 Å². The summed E-state index contributed by atoms with van der Waals surface area (Å²) in [7, 11) is -2.43. The van der Waals surface area contributed by atoms with Crippen LogP contribution in [-0.4, -0.2) is 80.4 Å². The van der Waals surface area contributed by atoms with Crippen molar-refractivity contribution in [2.75, 3.05) is 25.6 Å². The van der Waals surface area contributed by atoms with Crippen molar-refractivity contribution in [3.8, 4) is 0 Å². The molecule has 0 aromatic heterocycles. The smallest absolute Gasteiger partial charge is 0.200 e. The zero-order valence-electron chi connectivity index (χ0n) is 36.0. The van der Waals surface area contributed by atoms with Gasteiger partial charge in [-0.15, -0.1) is 0 Å². The van der Waals surface area contributed by atoms with E-state index in [2.05, 4.69) is 116 Å². The summed E-state index contributed by atoms with van der Waals surface area (Å²) in [5.41, 5.74) is 3.67. The molecule has 1 N–H and O–H groups in total. The fourth-order valence-electron chi connectivity index (χ4n) is 9.65. The normalized spacial score (nSPS) is 25.6. The minimum absolute atomic E-state index is 0.0209. The highest BCUT2D eigenvalue weighted by atomic mass is 32.2. The van der Waals surface area contributed by atoms with E-state index in [4.69, 9.17) is 28.1 Å². The molecule has 9 heteroatoms. The molecule has 0 aliphatic carbocycles. The van der Waals surface area contributed by atoms with Crippen LogP contribution in [0, 0.1) is 5.92 Å². The first-order valence-corrected chi connectivity index (χ1v) is 24.8. The second-order valence-electron chi connectivity index (χ2n) is 17.2. The Balaban J connectivity index is 1.58. The SMILES string of the molecule is CCS[C@@H](C[C@@H](OCc1ccccc1)[C@]1(C)O[C@H](COCc2ccccc2)[C@@H](OCc2ccccc2)C[C@H]1O[Si](C(C)C)(C(C)C)C(C)C)[C@H]1CCCO[C@@H]1CO. The number of hydrogen-bond donors (Lipinski definition) is 1. The first-order chi connectivity index (χ1) is 27.5. The molecule has 2 aliphatic rings. The lowest BCUT2D eigenvalue weighted by molar-refractivity contribution is -0.276. The molecule has 57 heavy (non-hydrogen) atoms. The Hall–Kier alpha value is -2.05. The van der Waals surface area contributed by atoms with Crippen LogP contribution in [0.1, 0.15) is 97.8 Å². The van der Waals surface area contributed by atoms with Crippen LogP contribution in [0.5, 0.6) is 0 Å². The quantitative estimate of drug-likeness (QED) is 0.100. The van der Waals surface area contributed by atoms with Crippen LogP contribution < -0.4 is 0 Å². The Bertz CT molecular complexity index is 1520. The molecule has 2 heterocycles. The Morgan fingerprint density at radius 1 is 0.789 bits per heavy atom. The van der Waals surface area contributed by atoms with Gasteiger partial charge in [-0.2, -0.15) is 11.8 Å². The molecule has 3 aromatic rings. The standard InChI is InChI=1S/C48H72O7SSi/c1-9-56-45(41-26-19-27-51-43(41)30-49)29-46(53-33-40-24-17-12-18-25-40)48(8)47(55-57(35(2)3,36(4)5)37(6)7)28-42(52-32-39-22-15-11-16-23-39)44(54-48)34-50-31-38-20-13-10-14-21-38/h10-18,20-25,35-37,41-47,49H,9,19,26-34H2,1-8H3/t41-,42-,43+,44+,45-,46+,47+,48-/m0/s1. The predicted octanol–water partition coefficient (Wildman–Crippen LogP) is 10.8. The zero-order chi connectivity index (χ0) is 40.8. The summed E-state index contributed by atoms with van der Waals surface area (Å²) in [6, 6.07) is 31.2. The van der Waals surface area contributed by atoms with Crippen molar-refractivity contribution < 1.29 is 33.2 Å². The van der Waals surface area contributed by atoms with Gasteiger partial charge in [-0.1, -0.05) is 139 Å². The van der Waals surface area contributed by atoms with Crippen molar-refractivity contribution in [2.45, 2.75) is 159 Å². The van der Waals surface area contributed by atoms with Gasteiger partial charge in [-0.3, -0.25) is 0 Å². The fraction of sp³-hybridized carbons (Fsp3) is 0.625. The molecule has 8 atom stereocenters. The van der Waals surface area contributed by atoms with Gasteiger partial charge in [0.05, 0.1) is 57.5 Å². The largest absolute Gasteiger partial charge is 0.410 e. The maximum Gasteiger partial charge on any atom is 0.200 e. The number of rotatable bonds is 22.